The molecule has 0 aliphatic heterocycles. The lowest BCUT2D eigenvalue weighted by Crippen LogP contribution is -2.41. The molecule has 1 heterocycles. The number of hydrogen-bond donors (Lipinski definition) is 0. The van der Waals surface area contributed by atoms with Crippen LogP contribution in [0.15, 0.2) is 42.5 Å². The molecule has 150 valence electrons. The van der Waals surface area contributed by atoms with Gasteiger partial charge in [0.25, 0.3) is 5.91 Å². The number of benzene rings is 1. The zero-order chi connectivity index (χ0) is 20.9. The molecule has 0 spiro atoms. The first kappa shape index (κ1) is 21.3. The topological polar surface area (TPSA) is 62.7 Å². The van der Waals surface area contributed by atoms with E-state index in [2.05, 4.69) is 4.98 Å². The second kappa shape index (κ2) is 8.82. The van der Waals surface area contributed by atoms with Crippen LogP contribution in [0.2, 0.25) is 0 Å². The third-order valence-corrected chi connectivity index (χ3v) is 3.90. The Balaban J connectivity index is 2.45. The van der Waals surface area contributed by atoms with Crippen molar-refractivity contribution in [2.45, 2.75) is 40.2 Å². The van der Waals surface area contributed by atoms with E-state index in [1.165, 1.54) is 30.3 Å². The molecule has 2 rings (SSSR count). The number of ether oxygens (including phenoxy) is 1. The molecule has 0 aliphatic carbocycles. The van der Waals surface area contributed by atoms with Crippen LogP contribution < -0.4 is 9.80 Å². The molecule has 6 nitrogen and oxygen atoms in total. The number of rotatable bonds is 5. The van der Waals surface area contributed by atoms with Crippen molar-refractivity contribution in [2.75, 3.05) is 22.9 Å². The largest absolute Gasteiger partial charge is 0.443 e. The number of nitrogens with zero attached hydrogens (tertiary/aromatic N) is 3. The van der Waals surface area contributed by atoms with Gasteiger partial charge in [0, 0.05) is 13.1 Å². The first-order valence-corrected chi connectivity index (χ1v) is 9.21. The fourth-order valence-corrected chi connectivity index (χ4v) is 2.58. The molecule has 28 heavy (non-hydrogen) atoms. The van der Waals surface area contributed by atoms with Gasteiger partial charge in [0.2, 0.25) is 0 Å². The quantitative estimate of drug-likeness (QED) is 0.747. The average molecular weight is 387 g/mol. The lowest BCUT2D eigenvalue weighted by atomic mass is 10.2. The molecule has 0 saturated heterocycles. The summed E-state index contributed by atoms with van der Waals surface area (Å²) in [7, 11) is 0. The maximum atomic E-state index is 13.3. The van der Waals surface area contributed by atoms with Gasteiger partial charge in [-0.15, -0.1) is 0 Å². The predicted molar refractivity (Wildman–Crippen MR) is 107 cm³/mol. The van der Waals surface area contributed by atoms with Crippen molar-refractivity contribution >= 4 is 23.5 Å². The van der Waals surface area contributed by atoms with E-state index < -0.39 is 23.4 Å². The molecule has 7 heteroatoms. The average Bonchev–Trinajstić information content (AvgIpc) is 2.63. The minimum absolute atomic E-state index is 0.0968. The number of aromatic nitrogens is 1. The summed E-state index contributed by atoms with van der Waals surface area (Å²) in [4.78, 5) is 33.2. The summed E-state index contributed by atoms with van der Waals surface area (Å²) in [5.41, 5.74) is -0.498. The normalized spacial score (nSPS) is 11.1. The molecule has 0 aliphatic rings. The molecule has 0 N–H and O–H groups in total. The lowest BCUT2D eigenvalue weighted by molar-refractivity contribution is 0.0563. The van der Waals surface area contributed by atoms with Crippen molar-refractivity contribution in [3.8, 4) is 0 Å². The Kier molecular flexibility index (Phi) is 6.72. The number of carbonyl (C=O) groups excluding carboxylic acids is 2. The van der Waals surface area contributed by atoms with Crippen molar-refractivity contribution in [1.29, 1.82) is 0 Å². The van der Waals surface area contributed by atoms with E-state index in [4.69, 9.17) is 4.74 Å². The molecule has 0 atom stereocenters. The Bertz CT molecular complexity index is 828. The van der Waals surface area contributed by atoms with E-state index in [0.717, 1.165) is 18.0 Å². The van der Waals surface area contributed by atoms with Gasteiger partial charge in [-0.05, 0) is 71.0 Å². The van der Waals surface area contributed by atoms with Gasteiger partial charge in [-0.2, -0.15) is 0 Å². The van der Waals surface area contributed by atoms with Crippen LogP contribution in [0.4, 0.5) is 20.7 Å². The van der Waals surface area contributed by atoms with Crippen LogP contribution in [0, 0.1) is 5.82 Å². The number of pyridine rings is 1. The Morgan fingerprint density at radius 1 is 1.04 bits per heavy atom. The molecule has 1 aromatic carbocycles. The summed E-state index contributed by atoms with van der Waals surface area (Å²) in [5, 5.41) is 0. The van der Waals surface area contributed by atoms with E-state index in [-0.39, 0.29) is 11.4 Å². The molecule has 0 radical (unpaired) electrons. The molecule has 1 aromatic heterocycles. The van der Waals surface area contributed by atoms with Gasteiger partial charge in [-0.25, -0.2) is 19.1 Å². The smallest absolute Gasteiger partial charge is 0.422 e. The summed E-state index contributed by atoms with van der Waals surface area (Å²) >= 11 is 0. The van der Waals surface area contributed by atoms with Crippen LogP contribution in [0.3, 0.4) is 0 Å². The van der Waals surface area contributed by atoms with Crippen molar-refractivity contribution in [3.63, 3.8) is 0 Å². The van der Waals surface area contributed by atoms with E-state index in [0.29, 0.717) is 5.82 Å². The molecular weight excluding hydrogens is 361 g/mol. The Hall–Kier alpha value is -2.96. The number of hydrogen-bond acceptors (Lipinski definition) is 5. The maximum Gasteiger partial charge on any atom is 0.422 e. The highest BCUT2D eigenvalue weighted by molar-refractivity contribution is 6.18. The first-order chi connectivity index (χ1) is 13.2. The Morgan fingerprint density at radius 2 is 1.64 bits per heavy atom. The summed E-state index contributed by atoms with van der Waals surface area (Å²) < 4.78 is 18.7. The van der Waals surface area contributed by atoms with Gasteiger partial charge in [-0.1, -0.05) is 6.07 Å². The van der Waals surface area contributed by atoms with Gasteiger partial charge in [0.15, 0.2) is 0 Å². The third-order valence-electron chi connectivity index (χ3n) is 3.90. The zero-order valence-electron chi connectivity index (χ0n) is 16.9. The molecule has 2 aromatic rings. The number of halogens is 1. The summed E-state index contributed by atoms with van der Waals surface area (Å²) in [6.45, 7) is 10.6. The number of anilines is 2. The van der Waals surface area contributed by atoms with E-state index in [1.807, 2.05) is 18.7 Å². The third kappa shape index (κ3) is 5.28. The highest BCUT2D eigenvalue weighted by Crippen LogP contribution is 2.22. The summed E-state index contributed by atoms with van der Waals surface area (Å²) in [6, 6.07) is 10.1. The van der Waals surface area contributed by atoms with Crippen molar-refractivity contribution in [3.05, 3.63) is 54.0 Å². The van der Waals surface area contributed by atoms with Crippen molar-refractivity contribution in [1.82, 2.24) is 4.98 Å². The standard InChI is InChI=1S/C21H26FN3O3/c1-6-24(7-2)18-10-8-9-17(23-18)19(26)25(20(27)28-21(3,4)5)16-13-11-15(22)12-14-16/h8-14H,6-7H2,1-5H3. The molecule has 0 unspecified atom stereocenters. The molecule has 0 fully saturated rings. The van der Waals surface area contributed by atoms with Crippen LogP contribution in [-0.4, -0.2) is 35.7 Å². The van der Waals surface area contributed by atoms with Gasteiger partial charge in [0.05, 0.1) is 5.69 Å². The summed E-state index contributed by atoms with van der Waals surface area (Å²) in [5.74, 6) is -0.476. The highest BCUT2D eigenvalue weighted by atomic mass is 19.1. The van der Waals surface area contributed by atoms with Crippen LogP contribution in [-0.2, 0) is 4.74 Å². The summed E-state index contributed by atoms with van der Waals surface area (Å²) in [6.07, 6.45) is -0.848. The van der Waals surface area contributed by atoms with Crippen molar-refractivity contribution in [2.24, 2.45) is 0 Å². The number of carbonyl (C=O) groups is 2. The lowest BCUT2D eigenvalue weighted by Gasteiger charge is -2.26. The molecular formula is C21H26FN3O3. The minimum Gasteiger partial charge on any atom is -0.443 e. The number of amides is 2. The van der Waals surface area contributed by atoms with Gasteiger partial charge in [0.1, 0.15) is 22.9 Å². The molecule has 0 bridgehead atoms. The van der Waals surface area contributed by atoms with Crippen LogP contribution in [0.1, 0.15) is 45.1 Å². The van der Waals surface area contributed by atoms with Crippen LogP contribution in [0.25, 0.3) is 0 Å². The molecule has 0 saturated carbocycles. The maximum absolute atomic E-state index is 13.3. The van der Waals surface area contributed by atoms with Gasteiger partial charge >= 0.3 is 6.09 Å². The first-order valence-electron chi connectivity index (χ1n) is 9.21. The predicted octanol–water partition coefficient (Wildman–Crippen LogP) is 4.65. The number of imide groups is 1. The van der Waals surface area contributed by atoms with E-state index in [9.17, 15) is 14.0 Å². The zero-order valence-corrected chi connectivity index (χ0v) is 16.9. The SMILES string of the molecule is CCN(CC)c1cccc(C(=O)N(C(=O)OC(C)(C)C)c2ccc(F)cc2)n1. The van der Waals surface area contributed by atoms with Gasteiger partial charge < -0.3 is 9.64 Å². The highest BCUT2D eigenvalue weighted by Gasteiger charge is 2.30. The Morgan fingerprint density at radius 3 is 2.18 bits per heavy atom. The molecule has 2 amide bonds. The second-order valence-corrected chi connectivity index (χ2v) is 7.15. The minimum atomic E-state index is -0.848. The van der Waals surface area contributed by atoms with Crippen LogP contribution >= 0.6 is 0 Å². The van der Waals surface area contributed by atoms with E-state index in [1.54, 1.807) is 32.9 Å². The fraction of sp³-hybridized carbons (Fsp3) is 0.381. The Labute approximate surface area is 164 Å². The van der Waals surface area contributed by atoms with E-state index >= 15 is 0 Å². The monoisotopic (exact) mass is 387 g/mol. The van der Waals surface area contributed by atoms with Gasteiger partial charge in [-0.3, -0.25) is 4.79 Å². The second-order valence-electron chi connectivity index (χ2n) is 7.15. The fourth-order valence-electron chi connectivity index (χ4n) is 2.58. The van der Waals surface area contributed by atoms with Crippen LogP contribution in [0.5, 0.6) is 0 Å². The van der Waals surface area contributed by atoms with Crippen molar-refractivity contribution < 1.29 is 18.7 Å².